The largest absolute Gasteiger partial charge is 0.455 e. The zero-order valence-electron chi connectivity index (χ0n) is 27.5. The zero-order chi connectivity index (χ0) is 33.5. The maximum Gasteiger partial charge on any atom is 0.143 e. The number of rotatable bonds is 4. The summed E-state index contributed by atoms with van der Waals surface area (Å²) in [6.45, 7) is 0. The van der Waals surface area contributed by atoms with Crippen LogP contribution < -0.4 is 4.90 Å². The number of hydrogen-bond acceptors (Lipinski definition) is 3. The van der Waals surface area contributed by atoms with Gasteiger partial charge in [0.05, 0.1) is 5.69 Å². The van der Waals surface area contributed by atoms with Gasteiger partial charge in [-0.1, -0.05) is 127 Å². The summed E-state index contributed by atoms with van der Waals surface area (Å²) in [5, 5.41) is 12.0. The Labute approximate surface area is 298 Å². The number of furan rings is 1. The van der Waals surface area contributed by atoms with Gasteiger partial charge in [0.15, 0.2) is 0 Å². The van der Waals surface area contributed by atoms with Crippen LogP contribution in [-0.2, 0) is 0 Å². The number of thiophene rings is 1. The second kappa shape index (κ2) is 11.0. The van der Waals surface area contributed by atoms with E-state index in [9.17, 15) is 0 Å². The number of hydrogen-bond donors (Lipinski definition) is 0. The molecule has 11 rings (SSSR count). The quantitative estimate of drug-likeness (QED) is 0.186. The van der Waals surface area contributed by atoms with E-state index in [0.29, 0.717) is 0 Å². The van der Waals surface area contributed by atoms with Gasteiger partial charge in [-0.25, -0.2) is 0 Å². The topological polar surface area (TPSA) is 16.4 Å². The normalized spacial score (nSPS) is 11.9. The van der Waals surface area contributed by atoms with E-state index < -0.39 is 0 Å². The van der Waals surface area contributed by atoms with Crippen molar-refractivity contribution in [1.82, 2.24) is 0 Å². The number of anilines is 3. The van der Waals surface area contributed by atoms with Gasteiger partial charge >= 0.3 is 0 Å². The van der Waals surface area contributed by atoms with Crippen LogP contribution in [0.2, 0.25) is 0 Å². The number of benzene rings is 9. The molecule has 0 amide bonds. The van der Waals surface area contributed by atoms with Crippen LogP contribution in [0.5, 0.6) is 0 Å². The third kappa shape index (κ3) is 4.42. The van der Waals surface area contributed by atoms with Gasteiger partial charge in [0.2, 0.25) is 0 Å². The minimum Gasteiger partial charge on any atom is -0.455 e. The minimum atomic E-state index is 0.893. The van der Waals surface area contributed by atoms with E-state index >= 15 is 0 Å². The average Bonchev–Trinajstić information content (AvgIpc) is 3.76. The molecule has 0 unspecified atom stereocenters. The molecule has 238 valence electrons. The predicted octanol–water partition coefficient (Wildman–Crippen LogP) is 14.6. The summed E-state index contributed by atoms with van der Waals surface area (Å²) < 4.78 is 9.42. The van der Waals surface area contributed by atoms with Crippen LogP contribution in [0.4, 0.5) is 17.1 Å². The summed E-state index contributed by atoms with van der Waals surface area (Å²) in [7, 11) is 0. The molecule has 0 aliphatic rings. The fraction of sp³-hybridized carbons (Fsp3) is 0. The molecule has 2 nitrogen and oxygen atoms in total. The Kier molecular flexibility index (Phi) is 6.16. The molecule has 11 aromatic rings. The van der Waals surface area contributed by atoms with Gasteiger partial charge < -0.3 is 9.32 Å². The molecule has 0 atom stereocenters. The SMILES string of the molecule is c1ccc2cc(N(c3ccc4ccccc4c3)c3cc4c(oc5cccc(-c6ccc7c(c6)sc6ccccc67)c54)c4ccccc34)ccc2c1. The predicted molar refractivity (Wildman–Crippen MR) is 219 cm³/mol. The second-order valence-electron chi connectivity index (χ2n) is 13.3. The van der Waals surface area contributed by atoms with Gasteiger partial charge in [-0.2, -0.15) is 0 Å². The highest BCUT2D eigenvalue weighted by Gasteiger charge is 2.22. The highest BCUT2D eigenvalue weighted by atomic mass is 32.1. The Morgan fingerprint density at radius 1 is 0.412 bits per heavy atom. The van der Waals surface area contributed by atoms with Crippen molar-refractivity contribution in [3.63, 3.8) is 0 Å². The monoisotopic (exact) mass is 667 g/mol. The lowest BCUT2D eigenvalue weighted by molar-refractivity contribution is 0.673. The first-order chi connectivity index (χ1) is 25.3. The summed E-state index contributed by atoms with van der Waals surface area (Å²) in [4.78, 5) is 2.42. The zero-order valence-corrected chi connectivity index (χ0v) is 28.3. The molecule has 0 aliphatic heterocycles. The fourth-order valence-corrected chi connectivity index (χ4v) is 9.15. The van der Waals surface area contributed by atoms with E-state index in [2.05, 4.69) is 181 Å². The van der Waals surface area contributed by atoms with Gasteiger partial charge in [0.25, 0.3) is 0 Å². The van der Waals surface area contributed by atoms with Gasteiger partial charge in [0.1, 0.15) is 11.2 Å². The maximum atomic E-state index is 6.81. The number of fused-ring (bicyclic) bond motifs is 10. The first-order valence-electron chi connectivity index (χ1n) is 17.3. The van der Waals surface area contributed by atoms with Crippen molar-refractivity contribution >= 4 is 103 Å². The summed E-state index contributed by atoms with van der Waals surface area (Å²) in [6.07, 6.45) is 0. The molecule has 0 aliphatic carbocycles. The molecular formula is C48H29NOS. The molecule has 0 bridgehead atoms. The molecule has 0 spiro atoms. The van der Waals surface area contributed by atoms with Crippen molar-refractivity contribution in [3.8, 4) is 11.1 Å². The smallest absolute Gasteiger partial charge is 0.143 e. The van der Waals surface area contributed by atoms with Gasteiger partial charge in [0, 0.05) is 53.1 Å². The van der Waals surface area contributed by atoms with Crippen LogP contribution in [0, 0.1) is 0 Å². The third-order valence-electron chi connectivity index (χ3n) is 10.4. The lowest BCUT2D eigenvalue weighted by atomic mass is 9.96. The number of nitrogens with zero attached hydrogens (tertiary/aromatic N) is 1. The summed E-state index contributed by atoms with van der Waals surface area (Å²) in [5.74, 6) is 0. The van der Waals surface area contributed by atoms with Gasteiger partial charge in [-0.3, -0.25) is 0 Å². The summed E-state index contributed by atoms with van der Waals surface area (Å²) >= 11 is 1.86. The van der Waals surface area contributed by atoms with Crippen molar-refractivity contribution in [2.24, 2.45) is 0 Å². The lowest BCUT2D eigenvalue weighted by Crippen LogP contribution is -2.10. The Morgan fingerprint density at radius 3 is 1.78 bits per heavy atom. The van der Waals surface area contributed by atoms with Crippen LogP contribution in [0.25, 0.3) is 85.6 Å². The molecule has 0 fully saturated rings. The van der Waals surface area contributed by atoms with Gasteiger partial charge in [-0.05, 0) is 81.2 Å². The van der Waals surface area contributed by atoms with E-state index in [-0.39, 0.29) is 0 Å². The van der Waals surface area contributed by atoms with Crippen LogP contribution in [0.3, 0.4) is 0 Å². The Balaban J connectivity index is 1.21. The minimum absolute atomic E-state index is 0.893. The molecule has 3 heteroatoms. The average molecular weight is 668 g/mol. The van der Waals surface area contributed by atoms with Crippen molar-refractivity contribution in [2.75, 3.05) is 4.90 Å². The first-order valence-corrected chi connectivity index (χ1v) is 18.1. The summed E-state index contributed by atoms with van der Waals surface area (Å²) in [5.41, 5.74) is 7.50. The molecule has 0 saturated heterocycles. The van der Waals surface area contributed by atoms with E-state index in [1.54, 1.807) is 0 Å². The summed E-state index contributed by atoms with van der Waals surface area (Å²) in [6, 6.07) is 63.8. The van der Waals surface area contributed by atoms with E-state index in [1.807, 2.05) is 11.3 Å². The molecule has 0 radical (unpaired) electrons. The second-order valence-corrected chi connectivity index (χ2v) is 14.4. The van der Waals surface area contributed by atoms with Crippen LogP contribution in [-0.4, -0.2) is 0 Å². The lowest BCUT2D eigenvalue weighted by Gasteiger charge is -2.28. The molecule has 51 heavy (non-hydrogen) atoms. The van der Waals surface area contributed by atoms with E-state index in [4.69, 9.17) is 4.42 Å². The van der Waals surface area contributed by atoms with E-state index in [1.165, 1.54) is 52.8 Å². The molecular weight excluding hydrogens is 639 g/mol. The van der Waals surface area contributed by atoms with Crippen LogP contribution in [0.1, 0.15) is 0 Å². The highest BCUT2D eigenvalue weighted by molar-refractivity contribution is 7.25. The van der Waals surface area contributed by atoms with Crippen molar-refractivity contribution in [1.29, 1.82) is 0 Å². The van der Waals surface area contributed by atoms with Crippen molar-refractivity contribution in [3.05, 3.63) is 176 Å². The Bertz CT molecular complexity index is 3090. The Morgan fingerprint density at radius 2 is 1.04 bits per heavy atom. The van der Waals surface area contributed by atoms with Crippen LogP contribution >= 0.6 is 11.3 Å². The molecule has 9 aromatic carbocycles. The van der Waals surface area contributed by atoms with E-state index in [0.717, 1.165) is 49.8 Å². The maximum absolute atomic E-state index is 6.81. The Hall–Kier alpha value is -6.42. The molecule has 2 heterocycles. The third-order valence-corrected chi connectivity index (χ3v) is 11.5. The molecule has 2 aromatic heterocycles. The molecule has 0 saturated carbocycles. The highest BCUT2D eigenvalue weighted by Crippen LogP contribution is 2.47. The van der Waals surface area contributed by atoms with Crippen molar-refractivity contribution in [2.45, 2.75) is 0 Å². The molecule has 0 N–H and O–H groups in total. The van der Waals surface area contributed by atoms with Crippen LogP contribution in [0.15, 0.2) is 180 Å². The van der Waals surface area contributed by atoms with Crippen molar-refractivity contribution < 1.29 is 4.42 Å². The van der Waals surface area contributed by atoms with Gasteiger partial charge in [-0.15, -0.1) is 11.3 Å². The first kappa shape index (κ1) is 28.4. The fourth-order valence-electron chi connectivity index (χ4n) is 8.01. The standard InChI is InChI=1S/C48H29NOS/c1-3-12-32-26-35(23-20-30(32)10-1)49(36-24-21-31-11-2-4-13-33(31)27-36)43-29-42-47-37(17-9-18-44(47)50-48(42)41-16-6-5-14-38(41)43)34-22-25-40-39-15-7-8-19-45(39)51-46(40)28-34/h1-29H.